The molecule has 2 nitrogen and oxygen atoms in total. The van der Waals surface area contributed by atoms with Gasteiger partial charge in [0.2, 0.25) is 0 Å². The fourth-order valence-electron chi connectivity index (χ4n) is 2.18. The molecule has 0 amide bonds. The van der Waals surface area contributed by atoms with E-state index in [2.05, 4.69) is 18.8 Å². The van der Waals surface area contributed by atoms with Crippen LogP contribution in [0.25, 0.3) is 10.9 Å². The Bertz CT molecular complexity index is 609. The van der Waals surface area contributed by atoms with Crippen molar-refractivity contribution < 1.29 is 4.74 Å². The number of benzene rings is 1. The van der Waals surface area contributed by atoms with Crippen molar-refractivity contribution in [2.24, 2.45) is 0 Å². The highest BCUT2D eigenvalue weighted by atomic mass is 35.5. The largest absolute Gasteiger partial charge is 0.495 e. The minimum Gasteiger partial charge on any atom is -0.495 e. The summed E-state index contributed by atoms with van der Waals surface area (Å²) in [6.45, 7) is 6.18. The molecule has 0 saturated carbocycles. The van der Waals surface area contributed by atoms with Crippen LogP contribution < -0.4 is 4.74 Å². The Morgan fingerprint density at radius 2 is 1.89 bits per heavy atom. The predicted molar refractivity (Wildman–Crippen MR) is 77.1 cm³/mol. The van der Waals surface area contributed by atoms with E-state index in [0.29, 0.717) is 16.7 Å². The van der Waals surface area contributed by atoms with Gasteiger partial charge >= 0.3 is 0 Å². The van der Waals surface area contributed by atoms with Gasteiger partial charge < -0.3 is 4.74 Å². The third-order valence-corrected chi connectivity index (χ3v) is 3.70. The molecule has 0 saturated heterocycles. The lowest BCUT2D eigenvalue weighted by Gasteiger charge is -2.15. The zero-order chi connectivity index (χ0) is 13.4. The molecular weight excluding hydrogens is 269 g/mol. The molecule has 0 fully saturated rings. The highest BCUT2D eigenvalue weighted by molar-refractivity contribution is 6.38. The topological polar surface area (TPSA) is 22.1 Å². The number of pyridine rings is 1. The second kappa shape index (κ2) is 4.94. The van der Waals surface area contributed by atoms with Gasteiger partial charge in [-0.1, -0.05) is 37.0 Å². The molecule has 0 spiro atoms. The first-order valence-electron chi connectivity index (χ1n) is 5.79. The SMILES string of the molecule is COc1cc2nc(C)c(C(C)C)c(Cl)c2cc1Cl. The highest BCUT2D eigenvalue weighted by Gasteiger charge is 2.15. The molecular formula is C14H15Cl2NO. The molecule has 0 aliphatic heterocycles. The van der Waals surface area contributed by atoms with E-state index in [-0.39, 0.29) is 0 Å². The summed E-state index contributed by atoms with van der Waals surface area (Å²) in [7, 11) is 1.59. The fourth-order valence-corrected chi connectivity index (χ4v) is 2.93. The van der Waals surface area contributed by atoms with Gasteiger partial charge in [0.25, 0.3) is 0 Å². The second-order valence-corrected chi connectivity index (χ2v) is 5.37. The zero-order valence-corrected chi connectivity index (χ0v) is 12.4. The molecule has 0 atom stereocenters. The summed E-state index contributed by atoms with van der Waals surface area (Å²) in [5.74, 6) is 0.944. The average Bonchev–Trinajstić information content (AvgIpc) is 2.29. The summed E-state index contributed by atoms with van der Waals surface area (Å²) < 4.78 is 5.20. The van der Waals surface area contributed by atoms with Gasteiger partial charge in [0.15, 0.2) is 0 Å². The van der Waals surface area contributed by atoms with Crippen LogP contribution >= 0.6 is 23.2 Å². The highest BCUT2D eigenvalue weighted by Crippen LogP contribution is 2.37. The quantitative estimate of drug-likeness (QED) is 0.775. The fraction of sp³-hybridized carbons (Fsp3) is 0.357. The molecule has 0 bridgehead atoms. The smallest absolute Gasteiger partial charge is 0.139 e. The Balaban J connectivity index is 2.83. The van der Waals surface area contributed by atoms with E-state index < -0.39 is 0 Å². The van der Waals surface area contributed by atoms with E-state index in [1.54, 1.807) is 7.11 Å². The molecule has 2 aromatic rings. The van der Waals surface area contributed by atoms with Crippen LogP contribution in [0.4, 0.5) is 0 Å². The van der Waals surface area contributed by atoms with Crippen molar-refractivity contribution in [2.45, 2.75) is 26.7 Å². The molecule has 2 rings (SSSR count). The minimum absolute atomic E-state index is 0.329. The molecule has 4 heteroatoms. The van der Waals surface area contributed by atoms with Gasteiger partial charge in [0.05, 0.1) is 22.7 Å². The number of rotatable bonds is 2. The summed E-state index contributed by atoms with van der Waals surface area (Å²) >= 11 is 12.6. The minimum atomic E-state index is 0.329. The van der Waals surface area contributed by atoms with E-state index in [4.69, 9.17) is 27.9 Å². The molecule has 96 valence electrons. The lowest BCUT2D eigenvalue weighted by atomic mass is 9.99. The summed E-state index contributed by atoms with van der Waals surface area (Å²) in [5.41, 5.74) is 2.83. The summed E-state index contributed by atoms with van der Waals surface area (Å²) in [6, 6.07) is 3.64. The summed E-state index contributed by atoms with van der Waals surface area (Å²) in [6.07, 6.45) is 0. The number of hydrogen-bond acceptors (Lipinski definition) is 2. The van der Waals surface area contributed by atoms with Crippen molar-refractivity contribution in [3.8, 4) is 5.75 Å². The number of fused-ring (bicyclic) bond motifs is 1. The van der Waals surface area contributed by atoms with Crippen molar-refractivity contribution >= 4 is 34.1 Å². The summed E-state index contributed by atoms with van der Waals surface area (Å²) in [4.78, 5) is 4.58. The normalized spacial score (nSPS) is 11.3. The molecule has 0 N–H and O–H groups in total. The van der Waals surface area contributed by atoms with Gasteiger partial charge in [0.1, 0.15) is 5.75 Å². The molecule has 0 radical (unpaired) electrons. The van der Waals surface area contributed by atoms with Crippen LogP contribution in [0, 0.1) is 6.92 Å². The Morgan fingerprint density at radius 3 is 2.44 bits per heavy atom. The Labute approximate surface area is 117 Å². The number of hydrogen-bond donors (Lipinski definition) is 0. The second-order valence-electron chi connectivity index (χ2n) is 4.58. The number of methoxy groups -OCH3 is 1. The van der Waals surface area contributed by atoms with Crippen LogP contribution in [0.1, 0.15) is 31.0 Å². The summed E-state index contributed by atoms with van der Waals surface area (Å²) in [5, 5.41) is 2.15. The van der Waals surface area contributed by atoms with Gasteiger partial charge in [-0.05, 0) is 24.5 Å². The maximum atomic E-state index is 6.47. The molecule has 1 heterocycles. The van der Waals surface area contributed by atoms with E-state index >= 15 is 0 Å². The number of halogens is 2. The number of ether oxygens (including phenoxy) is 1. The maximum absolute atomic E-state index is 6.47. The van der Waals surface area contributed by atoms with E-state index in [9.17, 15) is 0 Å². The average molecular weight is 284 g/mol. The van der Waals surface area contributed by atoms with Crippen molar-refractivity contribution in [3.63, 3.8) is 0 Å². The first kappa shape index (κ1) is 13.4. The van der Waals surface area contributed by atoms with Crippen LogP contribution in [0.3, 0.4) is 0 Å². The zero-order valence-electron chi connectivity index (χ0n) is 10.8. The first-order valence-corrected chi connectivity index (χ1v) is 6.54. The maximum Gasteiger partial charge on any atom is 0.139 e. The molecule has 1 aromatic heterocycles. The van der Waals surface area contributed by atoms with Crippen LogP contribution in [-0.2, 0) is 0 Å². The molecule has 0 aliphatic carbocycles. The van der Waals surface area contributed by atoms with Crippen molar-refractivity contribution in [2.75, 3.05) is 7.11 Å². The van der Waals surface area contributed by atoms with E-state index in [1.165, 1.54) is 0 Å². The van der Waals surface area contributed by atoms with Crippen LogP contribution in [0.5, 0.6) is 5.75 Å². The van der Waals surface area contributed by atoms with Crippen LogP contribution in [0.2, 0.25) is 10.0 Å². The number of nitrogens with zero attached hydrogens (tertiary/aromatic N) is 1. The number of aromatic nitrogens is 1. The monoisotopic (exact) mass is 283 g/mol. The Hall–Kier alpha value is -0.990. The van der Waals surface area contributed by atoms with Gasteiger partial charge in [-0.2, -0.15) is 0 Å². The van der Waals surface area contributed by atoms with Crippen molar-refractivity contribution in [1.29, 1.82) is 0 Å². The van der Waals surface area contributed by atoms with Gasteiger partial charge in [-0.3, -0.25) is 4.98 Å². The van der Waals surface area contributed by atoms with E-state index in [1.807, 2.05) is 19.1 Å². The van der Waals surface area contributed by atoms with Crippen LogP contribution in [-0.4, -0.2) is 12.1 Å². The molecule has 1 aromatic carbocycles. The third kappa shape index (κ3) is 2.15. The van der Waals surface area contributed by atoms with Gasteiger partial charge in [-0.15, -0.1) is 0 Å². The number of aryl methyl sites for hydroxylation is 1. The standard InChI is InChI=1S/C14H15Cl2NO/c1-7(2)13-8(3)17-11-6-12(18-4)10(15)5-9(11)14(13)16/h5-7H,1-4H3. The Morgan fingerprint density at radius 1 is 1.22 bits per heavy atom. The third-order valence-electron chi connectivity index (χ3n) is 3.00. The Kier molecular flexibility index (Phi) is 3.69. The molecule has 0 unspecified atom stereocenters. The predicted octanol–water partition coefficient (Wildman–Crippen LogP) is 4.98. The lowest BCUT2D eigenvalue weighted by molar-refractivity contribution is 0.415. The molecule has 0 aliphatic rings. The first-order chi connectivity index (χ1) is 8.45. The lowest BCUT2D eigenvalue weighted by Crippen LogP contribution is -1.98. The van der Waals surface area contributed by atoms with Gasteiger partial charge in [-0.25, -0.2) is 0 Å². The van der Waals surface area contributed by atoms with Crippen molar-refractivity contribution in [3.05, 3.63) is 33.4 Å². The molecule has 18 heavy (non-hydrogen) atoms. The van der Waals surface area contributed by atoms with Crippen molar-refractivity contribution in [1.82, 2.24) is 4.98 Å². The van der Waals surface area contributed by atoms with Crippen LogP contribution in [0.15, 0.2) is 12.1 Å². The van der Waals surface area contributed by atoms with Gasteiger partial charge in [0, 0.05) is 17.1 Å². The van der Waals surface area contributed by atoms with E-state index in [0.717, 1.165) is 27.2 Å².